The van der Waals surface area contributed by atoms with Crippen LogP contribution in [0.5, 0.6) is 0 Å². The van der Waals surface area contributed by atoms with Gasteiger partial charge in [0.1, 0.15) is 0 Å². The Morgan fingerprint density at radius 2 is 2.25 bits per heavy atom. The van der Waals surface area contributed by atoms with Crippen molar-refractivity contribution in [2.24, 2.45) is 4.36 Å². The second kappa shape index (κ2) is 4.40. The number of hydrogen-bond acceptors (Lipinski definition) is 3. The number of carboxylic acids is 1. The van der Waals surface area contributed by atoms with Crippen LogP contribution >= 0.6 is 0 Å². The van der Waals surface area contributed by atoms with Gasteiger partial charge < -0.3 is 10.1 Å². The van der Waals surface area contributed by atoms with Crippen LogP contribution in [0.15, 0.2) is 34.8 Å². The molecule has 0 radical (unpaired) electrons. The maximum atomic E-state index is 10.8. The van der Waals surface area contributed by atoms with Gasteiger partial charge in [-0.05, 0) is 11.6 Å². The molecule has 0 spiro atoms. The van der Waals surface area contributed by atoms with E-state index in [0.717, 1.165) is 16.5 Å². The molecular weight excluding hydrogens is 224 g/mol. The van der Waals surface area contributed by atoms with E-state index in [4.69, 9.17) is 5.11 Å². The van der Waals surface area contributed by atoms with Crippen LogP contribution in [0.2, 0.25) is 0 Å². The van der Waals surface area contributed by atoms with Crippen LogP contribution < -0.4 is 0 Å². The van der Waals surface area contributed by atoms with Crippen LogP contribution in [0.1, 0.15) is 5.56 Å². The van der Waals surface area contributed by atoms with Gasteiger partial charge in [-0.25, -0.2) is 9.16 Å². The lowest BCUT2D eigenvalue weighted by Gasteiger charge is -2.03. The lowest BCUT2D eigenvalue weighted by molar-refractivity contribution is -0.138. The van der Waals surface area contributed by atoms with Gasteiger partial charge in [-0.15, -0.1) is 0 Å². The fourth-order valence-corrected chi connectivity index (χ4v) is 1.84. The van der Waals surface area contributed by atoms with E-state index < -0.39 is 12.0 Å². The van der Waals surface area contributed by atoms with Crippen molar-refractivity contribution in [2.75, 3.05) is 0 Å². The zero-order chi connectivity index (χ0) is 11.5. The molecule has 82 valence electrons. The lowest BCUT2D eigenvalue weighted by Crippen LogP contribution is -2.19. The van der Waals surface area contributed by atoms with Crippen molar-refractivity contribution >= 4 is 29.3 Å². The first-order valence-electron chi connectivity index (χ1n) is 4.82. The summed E-state index contributed by atoms with van der Waals surface area (Å²) in [4.78, 5) is 13.9. The summed E-state index contributed by atoms with van der Waals surface area (Å²) in [6, 6.07) is 6.88. The number of carboxylic acid groups (broad SMARTS) is 1. The van der Waals surface area contributed by atoms with E-state index in [2.05, 4.69) is 21.8 Å². The Hall–Kier alpha value is -1.75. The quantitative estimate of drug-likeness (QED) is 0.849. The number of aromatic amines is 1. The number of aliphatic carboxylic acids is 1. The van der Waals surface area contributed by atoms with Crippen molar-refractivity contribution in [3.05, 3.63) is 36.0 Å². The molecule has 0 saturated carbocycles. The first-order valence-corrected chi connectivity index (χ1v) is 5.19. The number of fused-ring (bicyclic) bond motifs is 1. The number of aromatic nitrogens is 1. The SMILES string of the molecule is O=C(O)[C@H](Cc1c[nH]c2ccccc12)N=S. The van der Waals surface area contributed by atoms with E-state index in [9.17, 15) is 4.79 Å². The normalized spacial score (nSPS) is 12.5. The minimum atomic E-state index is -0.986. The molecule has 0 bridgehead atoms. The fraction of sp³-hybridized carbons (Fsp3) is 0.182. The molecule has 2 aromatic rings. The predicted molar refractivity (Wildman–Crippen MR) is 63.2 cm³/mol. The summed E-state index contributed by atoms with van der Waals surface area (Å²) in [5.74, 6) is -0.986. The molecule has 4 nitrogen and oxygen atoms in total. The highest BCUT2D eigenvalue weighted by Gasteiger charge is 2.18. The third-order valence-electron chi connectivity index (χ3n) is 2.50. The van der Waals surface area contributed by atoms with Crippen LogP contribution in [0, 0.1) is 0 Å². The summed E-state index contributed by atoms with van der Waals surface area (Å²) in [7, 11) is 0. The van der Waals surface area contributed by atoms with E-state index >= 15 is 0 Å². The number of benzene rings is 1. The molecular formula is C11H10N2O2S. The molecule has 1 atom stereocenters. The van der Waals surface area contributed by atoms with E-state index in [0.29, 0.717) is 6.42 Å². The Bertz CT molecular complexity index is 536. The molecule has 0 amide bonds. The standard InChI is InChI=1S/C11H10N2O2S/c14-11(15)10(13-16)5-7-6-12-9-4-2-1-3-8(7)9/h1-4,6,10,12H,5H2,(H,14,15)/t10-/m0/s1. The monoisotopic (exact) mass is 234 g/mol. The number of H-pyrrole nitrogens is 1. The molecule has 0 unspecified atom stereocenters. The third kappa shape index (κ3) is 1.94. The Morgan fingerprint density at radius 3 is 2.94 bits per heavy atom. The second-order valence-corrected chi connectivity index (χ2v) is 3.73. The van der Waals surface area contributed by atoms with Gasteiger partial charge in [0.25, 0.3) is 0 Å². The maximum Gasteiger partial charge on any atom is 0.329 e. The molecule has 0 saturated heterocycles. The topological polar surface area (TPSA) is 65.4 Å². The number of para-hydroxylation sites is 1. The summed E-state index contributed by atoms with van der Waals surface area (Å²) in [6.07, 6.45) is 2.13. The van der Waals surface area contributed by atoms with Crippen LogP contribution in [0.25, 0.3) is 10.9 Å². The first kappa shape index (κ1) is 10.8. The van der Waals surface area contributed by atoms with Gasteiger partial charge in [0.05, 0.1) is 0 Å². The van der Waals surface area contributed by atoms with Crippen LogP contribution in [-0.2, 0) is 23.6 Å². The average molecular weight is 234 g/mol. The van der Waals surface area contributed by atoms with Crippen molar-refractivity contribution in [3.63, 3.8) is 0 Å². The Morgan fingerprint density at radius 1 is 1.50 bits per heavy atom. The first-order chi connectivity index (χ1) is 7.72. The van der Waals surface area contributed by atoms with Crippen molar-refractivity contribution < 1.29 is 9.90 Å². The highest BCUT2D eigenvalue weighted by atomic mass is 32.1. The van der Waals surface area contributed by atoms with E-state index in [1.54, 1.807) is 6.20 Å². The highest BCUT2D eigenvalue weighted by molar-refractivity contribution is 7.47. The molecule has 1 aromatic heterocycles. The van der Waals surface area contributed by atoms with Gasteiger partial charge >= 0.3 is 5.97 Å². The molecule has 0 aliphatic heterocycles. The molecule has 16 heavy (non-hydrogen) atoms. The molecule has 0 fully saturated rings. The van der Waals surface area contributed by atoms with Crippen molar-refractivity contribution in [1.82, 2.24) is 4.98 Å². The number of nitrogens with zero attached hydrogens (tertiary/aromatic N) is 1. The van der Waals surface area contributed by atoms with Crippen molar-refractivity contribution in [3.8, 4) is 0 Å². The maximum absolute atomic E-state index is 10.8. The minimum Gasteiger partial charge on any atom is -0.480 e. The van der Waals surface area contributed by atoms with Crippen LogP contribution in [0.4, 0.5) is 0 Å². The summed E-state index contributed by atoms with van der Waals surface area (Å²) in [6.45, 7) is 0. The Kier molecular flexibility index (Phi) is 2.96. The smallest absolute Gasteiger partial charge is 0.329 e. The van der Waals surface area contributed by atoms with Gasteiger partial charge in [0.15, 0.2) is 6.04 Å². The number of nitrogens with one attached hydrogen (secondary N) is 1. The molecule has 5 heteroatoms. The zero-order valence-electron chi connectivity index (χ0n) is 8.38. The molecule has 0 aliphatic rings. The zero-order valence-corrected chi connectivity index (χ0v) is 9.20. The van der Waals surface area contributed by atoms with Gasteiger partial charge in [0, 0.05) is 35.9 Å². The Labute approximate surface area is 97.5 Å². The van der Waals surface area contributed by atoms with E-state index in [1.165, 1.54) is 0 Å². The minimum absolute atomic E-state index is 0.322. The van der Waals surface area contributed by atoms with Gasteiger partial charge in [-0.3, -0.25) is 0 Å². The van der Waals surface area contributed by atoms with E-state index in [-0.39, 0.29) is 0 Å². The third-order valence-corrected chi connectivity index (χ3v) is 2.75. The number of hydrogen-bond donors (Lipinski definition) is 2. The summed E-state index contributed by atoms with van der Waals surface area (Å²) >= 11 is 4.48. The van der Waals surface area contributed by atoms with Gasteiger partial charge in [-0.1, -0.05) is 18.2 Å². The fourth-order valence-electron chi connectivity index (χ4n) is 1.68. The number of carbonyl (C=O) groups is 1. The number of rotatable bonds is 4. The van der Waals surface area contributed by atoms with Crippen LogP contribution in [0.3, 0.4) is 0 Å². The largest absolute Gasteiger partial charge is 0.480 e. The van der Waals surface area contributed by atoms with Crippen molar-refractivity contribution in [2.45, 2.75) is 12.5 Å². The molecule has 2 N–H and O–H groups in total. The van der Waals surface area contributed by atoms with Crippen LogP contribution in [-0.4, -0.2) is 22.1 Å². The van der Waals surface area contributed by atoms with Gasteiger partial charge in [-0.2, -0.15) is 0 Å². The predicted octanol–water partition coefficient (Wildman–Crippen LogP) is 1.89. The summed E-state index contributed by atoms with van der Waals surface area (Å²) in [5.41, 5.74) is 1.92. The highest BCUT2D eigenvalue weighted by Crippen LogP contribution is 2.19. The summed E-state index contributed by atoms with van der Waals surface area (Å²) in [5, 5.41) is 9.89. The summed E-state index contributed by atoms with van der Waals surface area (Å²) < 4.78 is 3.44. The average Bonchev–Trinajstić information content (AvgIpc) is 2.69. The molecule has 0 aliphatic carbocycles. The van der Waals surface area contributed by atoms with Crippen molar-refractivity contribution in [1.29, 1.82) is 0 Å². The van der Waals surface area contributed by atoms with Gasteiger partial charge in [0.2, 0.25) is 0 Å². The lowest BCUT2D eigenvalue weighted by atomic mass is 10.1. The Balaban J connectivity index is 2.34. The second-order valence-electron chi connectivity index (χ2n) is 3.52. The van der Waals surface area contributed by atoms with E-state index in [1.807, 2.05) is 24.3 Å². The molecule has 1 aromatic carbocycles. The molecule has 1 heterocycles. The molecule has 2 rings (SSSR count).